The fourth-order valence-corrected chi connectivity index (χ4v) is 5.76. The smallest absolute Gasteiger partial charge is 0.256 e. The molecule has 2 heterocycles. The number of likely N-dealkylation sites (tertiary alicyclic amines) is 1. The van der Waals surface area contributed by atoms with Crippen molar-refractivity contribution in [3.63, 3.8) is 0 Å². The predicted octanol–water partition coefficient (Wildman–Crippen LogP) is 3.46. The molecule has 4 rings (SSSR count). The van der Waals surface area contributed by atoms with Crippen molar-refractivity contribution < 1.29 is 26.8 Å². The minimum atomic E-state index is -3.64. The van der Waals surface area contributed by atoms with Crippen LogP contribution in [0.3, 0.4) is 0 Å². The summed E-state index contributed by atoms with van der Waals surface area (Å²) in [5.74, 6) is -4.13. The monoisotopic (exact) mass is 511 g/mol. The molecular weight excluding hydrogens is 488 g/mol. The number of carbonyl (C=O) groups excluding carboxylic acids is 2. The van der Waals surface area contributed by atoms with Crippen LogP contribution in [0, 0.1) is 17.6 Å². The minimum Gasteiger partial charge on any atom is -0.368 e. The molecule has 7 nitrogen and oxygen atoms in total. The average molecular weight is 512 g/mol. The van der Waals surface area contributed by atoms with Gasteiger partial charge in [0.05, 0.1) is 15.5 Å². The van der Waals surface area contributed by atoms with Crippen molar-refractivity contribution in [1.29, 1.82) is 0 Å². The topological polar surface area (TPSA) is 110 Å². The number of aromatic nitrogens is 1. The van der Waals surface area contributed by atoms with Gasteiger partial charge in [0.2, 0.25) is 5.91 Å². The molecule has 11 heteroatoms. The molecule has 1 unspecified atom stereocenters. The van der Waals surface area contributed by atoms with Gasteiger partial charge in [-0.05, 0) is 61.8 Å². The standard InChI is InChI=1S/C23H24ClF2N3O4S/c1-34(32,33)15-8-14(11-28-12-15)21(30)29-7-3-2-6-23(29,22(27)31)20(13-4-5-13)16-9-19(26)17(24)10-18(16)25/h8-13,20H,2-7H2,1H3,(H2,27,31)/t20-,23?/m1/s1. The van der Waals surface area contributed by atoms with E-state index < -0.39 is 44.7 Å². The molecule has 182 valence electrons. The van der Waals surface area contributed by atoms with E-state index in [1.807, 2.05) is 0 Å². The number of piperidine rings is 1. The highest BCUT2D eigenvalue weighted by molar-refractivity contribution is 7.90. The van der Waals surface area contributed by atoms with Gasteiger partial charge in [0.1, 0.15) is 17.2 Å². The van der Waals surface area contributed by atoms with Crippen LogP contribution in [-0.2, 0) is 14.6 Å². The molecule has 1 aliphatic carbocycles. The van der Waals surface area contributed by atoms with E-state index >= 15 is 4.39 Å². The SMILES string of the molecule is CS(=O)(=O)c1cncc(C(=O)N2CCCCC2(C(N)=O)[C@@H](c2cc(F)c(Cl)cc2F)C2CC2)c1. The van der Waals surface area contributed by atoms with Crippen molar-refractivity contribution in [1.82, 2.24) is 9.88 Å². The molecular formula is C23H24ClF2N3O4S. The summed E-state index contributed by atoms with van der Waals surface area (Å²) in [5.41, 5.74) is 4.23. The quantitative estimate of drug-likeness (QED) is 0.597. The number of hydrogen-bond acceptors (Lipinski definition) is 5. The number of rotatable bonds is 6. The minimum absolute atomic E-state index is 0.0345. The number of sulfone groups is 1. The lowest BCUT2D eigenvalue weighted by molar-refractivity contribution is -0.133. The molecule has 2 amide bonds. The first kappa shape index (κ1) is 24.5. The lowest BCUT2D eigenvalue weighted by Gasteiger charge is -2.50. The van der Waals surface area contributed by atoms with E-state index in [4.69, 9.17) is 17.3 Å². The lowest BCUT2D eigenvalue weighted by atomic mass is 9.69. The molecule has 2 atom stereocenters. The lowest BCUT2D eigenvalue weighted by Crippen LogP contribution is -2.65. The van der Waals surface area contributed by atoms with Gasteiger partial charge in [-0.1, -0.05) is 11.6 Å². The van der Waals surface area contributed by atoms with E-state index in [9.17, 15) is 22.4 Å². The summed E-state index contributed by atoms with van der Waals surface area (Å²) in [5, 5.41) is -0.385. The molecule has 1 saturated heterocycles. The highest BCUT2D eigenvalue weighted by Gasteiger charge is 2.57. The molecule has 0 spiro atoms. The third-order valence-electron chi connectivity index (χ3n) is 6.71. The Bertz CT molecular complexity index is 1270. The van der Waals surface area contributed by atoms with Crippen molar-refractivity contribution in [3.05, 3.63) is 58.4 Å². The van der Waals surface area contributed by atoms with Crippen molar-refractivity contribution in [2.45, 2.75) is 48.5 Å². The summed E-state index contributed by atoms with van der Waals surface area (Å²) in [6.45, 7) is 0.145. The second-order valence-corrected chi connectivity index (χ2v) is 11.4. The first-order valence-corrected chi connectivity index (χ1v) is 13.1. The van der Waals surface area contributed by atoms with Crippen LogP contribution < -0.4 is 5.73 Å². The summed E-state index contributed by atoms with van der Waals surface area (Å²) in [6.07, 6.45) is 5.94. The van der Waals surface area contributed by atoms with Crippen molar-refractivity contribution >= 4 is 33.3 Å². The van der Waals surface area contributed by atoms with Crippen molar-refractivity contribution in [3.8, 4) is 0 Å². The van der Waals surface area contributed by atoms with Gasteiger partial charge >= 0.3 is 0 Å². The molecule has 2 aromatic rings. The second-order valence-electron chi connectivity index (χ2n) is 8.99. The number of carbonyl (C=O) groups is 2. The normalized spacial score (nSPS) is 21.8. The largest absolute Gasteiger partial charge is 0.368 e. The maximum atomic E-state index is 15.1. The number of halogens is 3. The number of pyridine rings is 1. The Labute approximate surface area is 201 Å². The summed E-state index contributed by atoms with van der Waals surface area (Å²) in [7, 11) is -3.64. The maximum absolute atomic E-state index is 15.1. The van der Waals surface area contributed by atoms with Gasteiger partial charge in [-0.3, -0.25) is 14.6 Å². The molecule has 0 bridgehead atoms. The Balaban J connectivity index is 1.87. The third-order valence-corrected chi connectivity index (χ3v) is 8.08. The number of benzene rings is 1. The Kier molecular flexibility index (Phi) is 6.41. The van der Waals surface area contributed by atoms with Gasteiger partial charge in [0.25, 0.3) is 5.91 Å². The Morgan fingerprint density at radius 3 is 2.50 bits per heavy atom. The van der Waals surface area contributed by atoms with Crippen molar-refractivity contribution in [2.24, 2.45) is 11.7 Å². The van der Waals surface area contributed by atoms with Crippen LogP contribution in [0.1, 0.15) is 53.9 Å². The van der Waals surface area contributed by atoms with Crippen LogP contribution in [0.15, 0.2) is 35.5 Å². The van der Waals surface area contributed by atoms with E-state index in [1.54, 1.807) is 0 Å². The molecule has 34 heavy (non-hydrogen) atoms. The van der Waals surface area contributed by atoms with Gasteiger partial charge in [0.15, 0.2) is 9.84 Å². The number of amides is 2. The van der Waals surface area contributed by atoms with Crippen LogP contribution in [0.4, 0.5) is 8.78 Å². The van der Waals surface area contributed by atoms with Gasteiger partial charge in [0, 0.05) is 31.1 Å². The molecule has 1 aromatic carbocycles. The van der Waals surface area contributed by atoms with Crippen LogP contribution in [0.25, 0.3) is 0 Å². The highest BCUT2D eigenvalue weighted by atomic mass is 35.5. The zero-order chi connectivity index (χ0) is 24.8. The summed E-state index contributed by atoms with van der Waals surface area (Å²) < 4.78 is 53.5. The summed E-state index contributed by atoms with van der Waals surface area (Å²) >= 11 is 5.75. The number of primary amides is 1. The van der Waals surface area contributed by atoms with E-state index in [0.29, 0.717) is 25.7 Å². The Morgan fingerprint density at radius 2 is 1.88 bits per heavy atom. The highest BCUT2D eigenvalue weighted by Crippen LogP contribution is 2.54. The molecule has 2 fully saturated rings. The predicted molar refractivity (Wildman–Crippen MR) is 121 cm³/mol. The van der Waals surface area contributed by atoms with E-state index in [-0.39, 0.29) is 39.9 Å². The van der Waals surface area contributed by atoms with Gasteiger partial charge in [-0.25, -0.2) is 17.2 Å². The molecule has 1 aliphatic heterocycles. The molecule has 1 saturated carbocycles. The summed E-state index contributed by atoms with van der Waals surface area (Å²) in [4.78, 5) is 31.8. The Hall–Kier alpha value is -2.59. The third kappa shape index (κ3) is 4.29. The van der Waals surface area contributed by atoms with E-state index in [0.717, 1.165) is 24.6 Å². The van der Waals surface area contributed by atoms with Gasteiger partial charge in [-0.2, -0.15) is 0 Å². The fourth-order valence-electron chi connectivity index (χ4n) is 5.02. The van der Waals surface area contributed by atoms with Gasteiger partial charge < -0.3 is 10.6 Å². The molecule has 0 radical (unpaired) electrons. The number of nitrogens with two attached hydrogens (primary N) is 1. The second kappa shape index (κ2) is 8.88. The number of hydrogen-bond donors (Lipinski definition) is 1. The van der Waals surface area contributed by atoms with Crippen LogP contribution in [-0.4, -0.2) is 48.5 Å². The molecule has 2 aliphatic rings. The van der Waals surface area contributed by atoms with E-state index in [2.05, 4.69) is 4.98 Å². The number of nitrogens with zero attached hydrogens (tertiary/aromatic N) is 2. The first-order chi connectivity index (χ1) is 16.0. The zero-order valence-electron chi connectivity index (χ0n) is 18.4. The molecule has 1 aromatic heterocycles. The summed E-state index contributed by atoms with van der Waals surface area (Å²) in [6, 6.07) is 3.04. The average Bonchev–Trinajstić information content (AvgIpc) is 3.61. The Morgan fingerprint density at radius 1 is 1.18 bits per heavy atom. The van der Waals surface area contributed by atoms with Crippen molar-refractivity contribution in [2.75, 3.05) is 12.8 Å². The van der Waals surface area contributed by atoms with E-state index in [1.165, 1.54) is 17.2 Å². The fraction of sp³-hybridized carbons (Fsp3) is 0.435. The van der Waals surface area contributed by atoms with Gasteiger partial charge in [-0.15, -0.1) is 0 Å². The maximum Gasteiger partial charge on any atom is 0.256 e. The van der Waals surface area contributed by atoms with Crippen LogP contribution in [0.5, 0.6) is 0 Å². The van der Waals surface area contributed by atoms with Crippen LogP contribution in [0.2, 0.25) is 5.02 Å². The zero-order valence-corrected chi connectivity index (χ0v) is 20.0. The first-order valence-electron chi connectivity index (χ1n) is 10.9. The molecule has 2 N–H and O–H groups in total. The van der Waals surface area contributed by atoms with Crippen LogP contribution >= 0.6 is 11.6 Å².